The summed E-state index contributed by atoms with van der Waals surface area (Å²) >= 11 is 0. The predicted molar refractivity (Wildman–Crippen MR) is 80.1 cm³/mol. The average molecular weight is 295 g/mol. The highest BCUT2D eigenvalue weighted by atomic mass is 16.6. The number of carbonyl (C=O) groups is 1. The van der Waals surface area contributed by atoms with Crippen molar-refractivity contribution in [3.05, 3.63) is 75.8 Å². The van der Waals surface area contributed by atoms with Crippen molar-refractivity contribution in [2.45, 2.75) is 12.0 Å². The molecular weight excluding hydrogens is 282 g/mol. The largest absolute Gasteiger partial charge is 0.292 e. The molecule has 0 spiro atoms. The van der Waals surface area contributed by atoms with Crippen LogP contribution in [0, 0.1) is 10.1 Å². The lowest BCUT2D eigenvalue weighted by molar-refractivity contribution is -0.384. The fourth-order valence-electron chi connectivity index (χ4n) is 2.54. The van der Waals surface area contributed by atoms with Gasteiger partial charge in [0.2, 0.25) is 0 Å². The third-order valence-electron chi connectivity index (χ3n) is 3.72. The van der Waals surface area contributed by atoms with Crippen molar-refractivity contribution in [1.82, 2.24) is 0 Å². The molecule has 2 unspecified atom stereocenters. The fourth-order valence-corrected chi connectivity index (χ4v) is 2.54. The number of carbonyl (C=O) groups excluding carboxylic acids is 1. The highest BCUT2D eigenvalue weighted by molar-refractivity contribution is 6.01. The number of hydrogen-bond acceptors (Lipinski definition) is 5. The van der Waals surface area contributed by atoms with Crippen LogP contribution in [0.25, 0.3) is 0 Å². The van der Waals surface area contributed by atoms with Crippen molar-refractivity contribution in [2.24, 2.45) is 10.2 Å². The van der Waals surface area contributed by atoms with Crippen molar-refractivity contribution < 1.29 is 9.72 Å². The molecule has 2 aromatic carbocycles. The SMILES string of the molecule is O=C(c1ccc([N+](=O)[O-])cc1)C1N=NCC1c1ccccc1. The molecule has 2 aromatic rings. The number of rotatable bonds is 4. The van der Waals surface area contributed by atoms with Gasteiger partial charge in [0.15, 0.2) is 5.78 Å². The first-order valence-electron chi connectivity index (χ1n) is 6.87. The highest BCUT2D eigenvalue weighted by Crippen LogP contribution is 2.30. The lowest BCUT2D eigenvalue weighted by Gasteiger charge is -2.15. The van der Waals surface area contributed by atoms with Gasteiger partial charge >= 0.3 is 0 Å². The first-order chi connectivity index (χ1) is 10.7. The van der Waals surface area contributed by atoms with Crippen LogP contribution in [0.5, 0.6) is 0 Å². The van der Waals surface area contributed by atoms with Crippen LogP contribution in [0.3, 0.4) is 0 Å². The Morgan fingerprint density at radius 2 is 1.77 bits per heavy atom. The van der Waals surface area contributed by atoms with Crippen molar-refractivity contribution in [2.75, 3.05) is 6.54 Å². The number of non-ortho nitro benzene ring substituents is 1. The number of nitro benzene ring substituents is 1. The number of benzene rings is 2. The number of nitrogens with zero attached hydrogens (tertiary/aromatic N) is 3. The molecule has 0 aliphatic carbocycles. The van der Waals surface area contributed by atoms with E-state index in [0.717, 1.165) is 5.56 Å². The molecule has 1 aliphatic rings. The molecule has 3 rings (SSSR count). The van der Waals surface area contributed by atoms with Gasteiger partial charge in [-0.25, -0.2) is 0 Å². The summed E-state index contributed by atoms with van der Waals surface area (Å²) in [7, 11) is 0. The number of Topliss-reactive ketones (excluding diaryl/α,β-unsaturated/α-hetero) is 1. The van der Waals surface area contributed by atoms with Crippen LogP contribution in [0.4, 0.5) is 5.69 Å². The first kappa shape index (κ1) is 14.1. The van der Waals surface area contributed by atoms with E-state index in [2.05, 4.69) is 10.2 Å². The maximum Gasteiger partial charge on any atom is 0.269 e. The quantitative estimate of drug-likeness (QED) is 0.492. The molecule has 1 heterocycles. The molecule has 0 fully saturated rings. The minimum absolute atomic E-state index is 0.0378. The summed E-state index contributed by atoms with van der Waals surface area (Å²) in [5, 5.41) is 18.7. The van der Waals surface area contributed by atoms with Crippen LogP contribution in [0.15, 0.2) is 64.8 Å². The van der Waals surface area contributed by atoms with E-state index < -0.39 is 11.0 Å². The average Bonchev–Trinajstić information content (AvgIpc) is 3.04. The summed E-state index contributed by atoms with van der Waals surface area (Å²) in [6.07, 6.45) is 0. The van der Waals surface area contributed by atoms with Crippen molar-refractivity contribution in [3.63, 3.8) is 0 Å². The Morgan fingerprint density at radius 1 is 1.09 bits per heavy atom. The Labute approximate surface area is 126 Å². The molecule has 2 atom stereocenters. The number of nitro groups is 1. The van der Waals surface area contributed by atoms with E-state index in [4.69, 9.17) is 0 Å². The predicted octanol–water partition coefficient (Wildman–Crippen LogP) is 3.40. The van der Waals surface area contributed by atoms with Gasteiger partial charge in [-0.1, -0.05) is 30.3 Å². The monoisotopic (exact) mass is 295 g/mol. The lowest BCUT2D eigenvalue weighted by atomic mass is 9.88. The number of azo groups is 1. The summed E-state index contributed by atoms with van der Waals surface area (Å²) in [5.74, 6) is -0.242. The van der Waals surface area contributed by atoms with Crippen molar-refractivity contribution >= 4 is 11.5 Å². The van der Waals surface area contributed by atoms with Gasteiger partial charge in [0.1, 0.15) is 6.04 Å². The second-order valence-corrected chi connectivity index (χ2v) is 5.07. The Bertz CT molecular complexity index is 726. The Hall–Kier alpha value is -2.89. The second-order valence-electron chi connectivity index (χ2n) is 5.07. The Balaban J connectivity index is 1.84. The zero-order valence-electron chi connectivity index (χ0n) is 11.6. The van der Waals surface area contributed by atoms with Crippen LogP contribution in [0.1, 0.15) is 21.8 Å². The van der Waals surface area contributed by atoms with E-state index in [-0.39, 0.29) is 17.4 Å². The molecule has 0 bridgehead atoms. The van der Waals surface area contributed by atoms with E-state index in [9.17, 15) is 14.9 Å². The van der Waals surface area contributed by atoms with Crippen LogP contribution in [0.2, 0.25) is 0 Å². The minimum atomic E-state index is -0.566. The molecule has 6 nitrogen and oxygen atoms in total. The van der Waals surface area contributed by atoms with Gasteiger partial charge in [0, 0.05) is 23.6 Å². The molecular formula is C16H13N3O3. The molecule has 0 N–H and O–H groups in total. The molecule has 22 heavy (non-hydrogen) atoms. The second kappa shape index (κ2) is 5.85. The van der Waals surface area contributed by atoms with E-state index in [1.807, 2.05) is 30.3 Å². The Morgan fingerprint density at radius 3 is 2.41 bits per heavy atom. The third-order valence-corrected chi connectivity index (χ3v) is 3.72. The van der Waals surface area contributed by atoms with Crippen LogP contribution >= 0.6 is 0 Å². The number of hydrogen-bond donors (Lipinski definition) is 0. The molecule has 0 radical (unpaired) electrons. The van der Waals surface area contributed by atoms with Gasteiger partial charge in [-0.15, -0.1) is 0 Å². The van der Waals surface area contributed by atoms with Gasteiger partial charge in [0.25, 0.3) is 5.69 Å². The smallest absolute Gasteiger partial charge is 0.269 e. The van der Waals surface area contributed by atoms with Crippen LogP contribution in [-0.2, 0) is 0 Å². The van der Waals surface area contributed by atoms with Crippen LogP contribution < -0.4 is 0 Å². The standard InChI is InChI=1S/C16H13N3O3/c20-16(12-6-8-13(9-7-12)19(21)22)15-14(10-17-18-15)11-4-2-1-3-5-11/h1-9,14-15H,10H2. The molecule has 0 saturated heterocycles. The molecule has 0 amide bonds. The van der Waals surface area contributed by atoms with Gasteiger partial charge < -0.3 is 0 Å². The maximum absolute atomic E-state index is 12.6. The van der Waals surface area contributed by atoms with Gasteiger partial charge in [0.05, 0.1) is 11.5 Å². The molecule has 110 valence electrons. The minimum Gasteiger partial charge on any atom is -0.292 e. The summed E-state index contributed by atoms with van der Waals surface area (Å²) < 4.78 is 0. The number of ketones is 1. The molecule has 0 saturated carbocycles. The van der Waals surface area contributed by atoms with Crippen molar-refractivity contribution in [1.29, 1.82) is 0 Å². The summed E-state index contributed by atoms with van der Waals surface area (Å²) in [5.41, 5.74) is 1.40. The fraction of sp³-hybridized carbons (Fsp3) is 0.188. The zero-order valence-corrected chi connectivity index (χ0v) is 11.6. The van der Waals surface area contributed by atoms with E-state index in [1.165, 1.54) is 24.3 Å². The molecule has 1 aliphatic heterocycles. The summed E-state index contributed by atoms with van der Waals surface area (Å²) in [6, 6.07) is 14.7. The van der Waals surface area contributed by atoms with Gasteiger partial charge in [-0.05, 0) is 17.7 Å². The van der Waals surface area contributed by atoms with Gasteiger partial charge in [-0.3, -0.25) is 14.9 Å². The normalized spacial score (nSPS) is 20.0. The van der Waals surface area contributed by atoms with Gasteiger partial charge in [-0.2, -0.15) is 10.2 Å². The summed E-state index contributed by atoms with van der Waals surface area (Å²) in [4.78, 5) is 22.8. The lowest BCUT2D eigenvalue weighted by Crippen LogP contribution is -2.24. The molecule has 0 aromatic heterocycles. The topological polar surface area (TPSA) is 84.9 Å². The van der Waals surface area contributed by atoms with E-state index in [0.29, 0.717) is 12.1 Å². The first-order valence-corrected chi connectivity index (χ1v) is 6.87. The Kier molecular flexibility index (Phi) is 3.74. The van der Waals surface area contributed by atoms with Crippen molar-refractivity contribution in [3.8, 4) is 0 Å². The molecule has 6 heteroatoms. The van der Waals surface area contributed by atoms with E-state index in [1.54, 1.807) is 0 Å². The van der Waals surface area contributed by atoms with Crippen LogP contribution in [-0.4, -0.2) is 23.3 Å². The highest BCUT2D eigenvalue weighted by Gasteiger charge is 2.33. The zero-order chi connectivity index (χ0) is 15.5. The van der Waals surface area contributed by atoms with E-state index >= 15 is 0 Å². The maximum atomic E-state index is 12.6. The summed E-state index contributed by atoms with van der Waals surface area (Å²) in [6.45, 7) is 0.480. The third kappa shape index (κ3) is 2.63.